The van der Waals surface area contributed by atoms with Gasteiger partial charge in [-0.2, -0.15) is 0 Å². The number of aromatic nitrogens is 1. The molecule has 1 heterocycles. The lowest BCUT2D eigenvalue weighted by Crippen LogP contribution is -2.03. The zero-order valence-electron chi connectivity index (χ0n) is 8.12. The Morgan fingerprint density at radius 3 is 3.13 bits per heavy atom. The summed E-state index contributed by atoms with van der Waals surface area (Å²) in [4.78, 5) is 13.5. The lowest BCUT2D eigenvalue weighted by Gasteiger charge is -2.03. The first kappa shape index (κ1) is 9.79. The Hall–Kier alpha value is -1.75. The normalized spacial score (nSPS) is 10.7. The van der Waals surface area contributed by atoms with E-state index in [0.717, 1.165) is 5.69 Å². The molecule has 3 N–H and O–H groups in total. The summed E-state index contributed by atoms with van der Waals surface area (Å²) in [5.41, 5.74) is 2.12. The van der Waals surface area contributed by atoms with Crippen molar-refractivity contribution in [2.75, 3.05) is 18.5 Å². The Morgan fingerprint density at radius 1 is 1.47 bits per heavy atom. The van der Waals surface area contributed by atoms with E-state index in [1.165, 1.54) is 0 Å². The number of anilines is 1. The summed E-state index contributed by atoms with van der Waals surface area (Å²) in [5, 5.41) is 11.7. The first-order valence-corrected chi connectivity index (χ1v) is 4.77. The summed E-state index contributed by atoms with van der Waals surface area (Å²) < 4.78 is 4.87. The maximum Gasteiger partial charge on any atom is 0.417 e. The van der Waals surface area contributed by atoms with E-state index in [9.17, 15) is 4.79 Å². The minimum absolute atomic E-state index is 0.164. The molecule has 0 radical (unpaired) electrons. The number of H-pyrrole nitrogens is 1. The van der Waals surface area contributed by atoms with Gasteiger partial charge < -0.3 is 14.8 Å². The van der Waals surface area contributed by atoms with Gasteiger partial charge >= 0.3 is 5.76 Å². The average molecular weight is 208 g/mol. The molecule has 1 aromatic carbocycles. The third-order valence-corrected chi connectivity index (χ3v) is 2.08. The molecule has 0 aliphatic heterocycles. The molecule has 0 bridgehead atoms. The molecule has 0 amide bonds. The van der Waals surface area contributed by atoms with Crippen LogP contribution in [-0.2, 0) is 0 Å². The number of fused-ring (bicyclic) bond motifs is 1. The van der Waals surface area contributed by atoms with Gasteiger partial charge in [0.25, 0.3) is 0 Å². The van der Waals surface area contributed by atoms with Crippen LogP contribution >= 0.6 is 0 Å². The number of aromatic amines is 1. The molecule has 0 unspecified atom stereocenters. The molecule has 0 fully saturated rings. The van der Waals surface area contributed by atoms with Gasteiger partial charge in [0.1, 0.15) is 0 Å². The van der Waals surface area contributed by atoms with Crippen LogP contribution in [0, 0.1) is 0 Å². The molecule has 80 valence electrons. The monoisotopic (exact) mass is 208 g/mol. The summed E-state index contributed by atoms with van der Waals surface area (Å²) in [7, 11) is 0. The Bertz CT molecular complexity index is 501. The standard InChI is InChI=1S/C10H12N2O3/c13-5-1-4-11-7-2-3-9-8(6-7)12-10(14)15-9/h2-3,6,11,13H,1,4-5H2,(H,12,14). The Labute approximate surface area is 85.7 Å². The molecule has 0 saturated carbocycles. The van der Waals surface area contributed by atoms with Crippen LogP contribution in [0.15, 0.2) is 27.4 Å². The first-order chi connectivity index (χ1) is 7.29. The molecule has 5 heteroatoms. The molecular weight excluding hydrogens is 196 g/mol. The summed E-state index contributed by atoms with van der Waals surface area (Å²) in [6.07, 6.45) is 0.694. The van der Waals surface area contributed by atoms with Gasteiger partial charge in [0.2, 0.25) is 0 Å². The number of rotatable bonds is 4. The zero-order chi connectivity index (χ0) is 10.7. The second-order valence-electron chi connectivity index (χ2n) is 3.23. The van der Waals surface area contributed by atoms with Crippen LogP contribution in [0.2, 0.25) is 0 Å². The smallest absolute Gasteiger partial charge is 0.408 e. The summed E-state index contributed by atoms with van der Waals surface area (Å²) in [5.74, 6) is -0.447. The maximum atomic E-state index is 10.9. The highest BCUT2D eigenvalue weighted by Crippen LogP contribution is 2.15. The SMILES string of the molecule is O=c1[nH]c2cc(NCCCO)ccc2o1. The molecule has 0 spiro atoms. The van der Waals surface area contributed by atoms with Crippen molar-refractivity contribution in [1.29, 1.82) is 0 Å². The predicted molar refractivity (Wildman–Crippen MR) is 57.0 cm³/mol. The fourth-order valence-corrected chi connectivity index (χ4v) is 1.37. The van der Waals surface area contributed by atoms with E-state index in [0.29, 0.717) is 24.1 Å². The Kier molecular flexibility index (Phi) is 2.73. The highest BCUT2D eigenvalue weighted by atomic mass is 16.4. The first-order valence-electron chi connectivity index (χ1n) is 4.77. The highest BCUT2D eigenvalue weighted by molar-refractivity contribution is 5.76. The molecule has 15 heavy (non-hydrogen) atoms. The number of aliphatic hydroxyl groups excluding tert-OH is 1. The van der Waals surface area contributed by atoms with Crippen molar-refractivity contribution in [2.24, 2.45) is 0 Å². The Balaban J connectivity index is 2.19. The highest BCUT2D eigenvalue weighted by Gasteiger charge is 2.00. The van der Waals surface area contributed by atoms with Crippen molar-refractivity contribution < 1.29 is 9.52 Å². The number of oxazole rings is 1. The van der Waals surface area contributed by atoms with Crippen LogP contribution < -0.4 is 11.1 Å². The molecule has 2 aromatic rings. The molecular formula is C10H12N2O3. The number of hydrogen-bond donors (Lipinski definition) is 3. The number of hydrogen-bond acceptors (Lipinski definition) is 4. The lowest BCUT2D eigenvalue weighted by atomic mass is 10.3. The Morgan fingerprint density at radius 2 is 2.33 bits per heavy atom. The number of benzene rings is 1. The van der Waals surface area contributed by atoms with E-state index >= 15 is 0 Å². The third kappa shape index (κ3) is 2.19. The number of nitrogens with one attached hydrogen (secondary N) is 2. The molecule has 0 aliphatic carbocycles. The fraction of sp³-hybridized carbons (Fsp3) is 0.300. The molecule has 5 nitrogen and oxygen atoms in total. The van der Waals surface area contributed by atoms with Crippen molar-refractivity contribution in [3.63, 3.8) is 0 Å². The van der Waals surface area contributed by atoms with Crippen molar-refractivity contribution >= 4 is 16.8 Å². The van der Waals surface area contributed by atoms with Crippen molar-refractivity contribution in [1.82, 2.24) is 4.98 Å². The van der Waals surface area contributed by atoms with Crippen molar-refractivity contribution in [3.05, 3.63) is 28.7 Å². The van der Waals surface area contributed by atoms with Gasteiger partial charge in [-0.3, -0.25) is 4.98 Å². The lowest BCUT2D eigenvalue weighted by molar-refractivity contribution is 0.292. The van der Waals surface area contributed by atoms with Gasteiger partial charge in [-0.15, -0.1) is 0 Å². The molecule has 0 atom stereocenters. The quantitative estimate of drug-likeness (QED) is 0.653. The maximum absolute atomic E-state index is 10.9. The van der Waals surface area contributed by atoms with E-state index < -0.39 is 5.76 Å². The van der Waals surface area contributed by atoms with Crippen LogP contribution in [0.1, 0.15) is 6.42 Å². The van der Waals surface area contributed by atoms with Gasteiger partial charge in [-0.25, -0.2) is 4.79 Å². The van der Waals surface area contributed by atoms with E-state index in [4.69, 9.17) is 9.52 Å². The van der Waals surface area contributed by atoms with Crippen LogP contribution in [0.3, 0.4) is 0 Å². The fourth-order valence-electron chi connectivity index (χ4n) is 1.37. The largest absolute Gasteiger partial charge is 0.417 e. The minimum atomic E-state index is -0.447. The van der Waals surface area contributed by atoms with Gasteiger partial charge in [-0.05, 0) is 24.6 Å². The van der Waals surface area contributed by atoms with Crippen LogP contribution in [-0.4, -0.2) is 23.2 Å². The van der Waals surface area contributed by atoms with E-state index in [1.54, 1.807) is 12.1 Å². The van der Waals surface area contributed by atoms with E-state index in [1.807, 2.05) is 6.07 Å². The molecule has 0 aliphatic rings. The van der Waals surface area contributed by atoms with E-state index in [-0.39, 0.29) is 6.61 Å². The number of aliphatic hydroxyl groups is 1. The summed E-state index contributed by atoms with van der Waals surface area (Å²) >= 11 is 0. The topological polar surface area (TPSA) is 78.3 Å². The molecule has 0 saturated heterocycles. The van der Waals surface area contributed by atoms with Gasteiger partial charge in [-0.1, -0.05) is 0 Å². The summed E-state index contributed by atoms with van der Waals surface area (Å²) in [6, 6.07) is 5.36. The van der Waals surface area contributed by atoms with Gasteiger partial charge in [0.05, 0.1) is 5.52 Å². The van der Waals surface area contributed by atoms with Crippen molar-refractivity contribution in [2.45, 2.75) is 6.42 Å². The van der Waals surface area contributed by atoms with E-state index in [2.05, 4.69) is 10.3 Å². The second kappa shape index (κ2) is 4.18. The third-order valence-electron chi connectivity index (χ3n) is 2.08. The zero-order valence-corrected chi connectivity index (χ0v) is 8.12. The minimum Gasteiger partial charge on any atom is -0.408 e. The van der Waals surface area contributed by atoms with Crippen LogP contribution in [0.4, 0.5) is 5.69 Å². The predicted octanol–water partition coefficient (Wildman–Crippen LogP) is 0.915. The average Bonchev–Trinajstić information content (AvgIpc) is 2.57. The van der Waals surface area contributed by atoms with Gasteiger partial charge in [0, 0.05) is 18.8 Å². The second-order valence-corrected chi connectivity index (χ2v) is 3.23. The molecule has 2 rings (SSSR count). The molecule has 1 aromatic heterocycles. The summed E-state index contributed by atoms with van der Waals surface area (Å²) in [6.45, 7) is 0.863. The van der Waals surface area contributed by atoms with Gasteiger partial charge in [0.15, 0.2) is 5.58 Å². The van der Waals surface area contributed by atoms with Crippen LogP contribution in [0.5, 0.6) is 0 Å². The van der Waals surface area contributed by atoms with Crippen molar-refractivity contribution in [3.8, 4) is 0 Å². The van der Waals surface area contributed by atoms with Crippen LogP contribution in [0.25, 0.3) is 11.1 Å².